The van der Waals surface area contributed by atoms with Crippen LogP contribution in [0, 0.1) is 11.8 Å². The van der Waals surface area contributed by atoms with Gasteiger partial charge >= 0.3 is 0 Å². The number of thiophene rings is 1. The van der Waals surface area contributed by atoms with Crippen molar-refractivity contribution in [3.63, 3.8) is 0 Å². The molecule has 2 unspecified atom stereocenters. The van der Waals surface area contributed by atoms with Gasteiger partial charge in [0, 0.05) is 18.5 Å². The van der Waals surface area contributed by atoms with Crippen LogP contribution in [0.15, 0.2) is 16.3 Å². The van der Waals surface area contributed by atoms with E-state index in [0.29, 0.717) is 22.6 Å². The molecule has 0 spiro atoms. The van der Waals surface area contributed by atoms with Gasteiger partial charge in [0.15, 0.2) is 0 Å². The summed E-state index contributed by atoms with van der Waals surface area (Å²) < 4.78 is 27.0. The molecule has 1 aliphatic rings. The van der Waals surface area contributed by atoms with Gasteiger partial charge in [0.05, 0.1) is 0 Å². The fourth-order valence-electron chi connectivity index (χ4n) is 2.38. The Hall–Kier alpha value is -0.430. The Morgan fingerprint density at radius 3 is 2.71 bits per heavy atom. The zero-order valence-electron chi connectivity index (χ0n) is 13.1. The van der Waals surface area contributed by atoms with Crippen molar-refractivity contribution in [1.82, 2.24) is 9.62 Å². The Kier molecular flexibility index (Phi) is 5.82. The molecule has 2 atom stereocenters. The first-order chi connectivity index (χ1) is 9.95. The highest BCUT2D eigenvalue weighted by molar-refractivity contribution is 7.91. The Morgan fingerprint density at radius 2 is 2.10 bits per heavy atom. The number of sulfonamides is 1. The van der Waals surface area contributed by atoms with Crippen molar-refractivity contribution in [2.75, 3.05) is 26.7 Å². The first-order valence-corrected chi connectivity index (χ1v) is 9.96. The summed E-state index contributed by atoms with van der Waals surface area (Å²) in [6.07, 6.45) is 3.16. The van der Waals surface area contributed by atoms with E-state index in [4.69, 9.17) is 0 Å². The summed E-state index contributed by atoms with van der Waals surface area (Å²) in [4.78, 5) is 1.13. The van der Waals surface area contributed by atoms with Gasteiger partial charge in [-0.15, -0.1) is 11.3 Å². The van der Waals surface area contributed by atoms with Crippen molar-refractivity contribution in [2.45, 2.75) is 37.3 Å². The summed E-state index contributed by atoms with van der Waals surface area (Å²) >= 11 is 1.40. The third-order valence-corrected chi connectivity index (χ3v) is 7.48. The Bertz CT molecular complexity index is 554. The number of hydrogen-bond acceptors (Lipinski definition) is 4. The van der Waals surface area contributed by atoms with Crippen LogP contribution >= 0.6 is 11.3 Å². The summed E-state index contributed by atoms with van der Waals surface area (Å²) in [5.74, 6) is 1.22. The molecule has 6 heteroatoms. The average molecular weight is 331 g/mol. The van der Waals surface area contributed by atoms with Crippen molar-refractivity contribution in [3.05, 3.63) is 17.0 Å². The SMILES string of the molecule is CCCNCCc1ccc(S(=O)(=O)N(C)CC2CC2C)s1. The molecule has 0 aromatic carbocycles. The molecule has 0 saturated heterocycles. The molecule has 1 aromatic heterocycles. The van der Waals surface area contributed by atoms with Crippen molar-refractivity contribution < 1.29 is 8.42 Å². The van der Waals surface area contributed by atoms with Crippen LogP contribution in [-0.4, -0.2) is 39.4 Å². The van der Waals surface area contributed by atoms with Gasteiger partial charge < -0.3 is 5.32 Å². The monoisotopic (exact) mass is 330 g/mol. The first kappa shape index (κ1) is 16.9. The lowest BCUT2D eigenvalue weighted by Gasteiger charge is -2.15. The summed E-state index contributed by atoms with van der Waals surface area (Å²) in [7, 11) is -1.60. The molecule has 21 heavy (non-hydrogen) atoms. The molecule has 1 N–H and O–H groups in total. The zero-order valence-corrected chi connectivity index (χ0v) is 14.8. The van der Waals surface area contributed by atoms with Gasteiger partial charge in [0.2, 0.25) is 0 Å². The summed E-state index contributed by atoms with van der Waals surface area (Å²) in [5.41, 5.74) is 0. The van der Waals surface area contributed by atoms with Gasteiger partial charge in [0.25, 0.3) is 10.0 Å². The van der Waals surface area contributed by atoms with E-state index in [0.717, 1.165) is 37.2 Å². The highest BCUT2D eigenvalue weighted by atomic mass is 32.2. The maximum atomic E-state index is 12.5. The maximum Gasteiger partial charge on any atom is 0.252 e. The van der Waals surface area contributed by atoms with Crippen LogP contribution in [0.25, 0.3) is 0 Å². The molecule has 1 aromatic rings. The minimum Gasteiger partial charge on any atom is -0.316 e. The quantitative estimate of drug-likeness (QED) is 0.708. The van der Waals surface area contributed by atoms with Crippen LogP contribution in [-0.2, 0) is 16.4 Å². The van der Waals surface area contributed by atoms with E-state index in [1.807, 2.05) is 6.07 Å². The third kappa shape index (κ3) is 4.52. The predicted molar refractivity (Wildman–Crippen MR) is 88.3 cm³/mol. The summed E-state index contributed by atoms with van der Waals surface area (Å²) in [6.45, 7) is 6.88. The predicted octanol–water partition coefficient (Wildman–Crippen LogP) is 2.57. The average Bonchev–Trinajstić information content (AvgIpc) is 2.92. The van der Waals surface area contributed by atoms with Gasteiger partial charge in [0.1, 0.15) is 4.21 Å². The summed E-state index contributed by atoms with van der Waals surface area (Å²) in [6, 6.07) is 3.70. The molecule has 1 heterocycles. The van der Waals surface area contributed by atoms with Crippen LogP contribution in [0.3, 0.4) is 0 Å². The molecule has 0 bridgehead atoms. The zero-order chi connectivity index (χ0) is 15.5. The van der Waals surface area contributed by atoms with Gasteiger partial charge in [-0.2, -0.15) is 4.31 Å². The molecule has 0 amide bonds. The second-order valence-corrected chi connectivity index (χ2v) is 9.42. The van der Waals surface area contributed by atoms with Gasteiger partial charge in [-0.3, -0.25) is 0 Å². The minimum atomic E-state index is -3.30. The first-order valence-electron chi connectivity index (χ1n) is 7.71. The Morgan fingerprint density at radius 1 is 1.38 bits per heavy atom. The van der Waals surface area contributed by atoms with E-state index >= 15 is 0 Å². The van der Waals surface area contributed by atoms with Crippen LogP contribution in [0.4, 0.5) is 0 Å². The molecule has 120 valence electrons. The van der Waals surface area contributed by atoms with E-state index in [2.05, 4.69) is 19.2 Å². The number of nitrogens with zero attached hydrogens (tertiary/aromatic N) is 1. The van der Waals surface area contributed by atoms with E-state index in [1.165, 1.54) is 15.6 Å². The van der Waals surface area contributed by atoms with Crippen molar-refractivity contribution in [2.24, 2.45) is 11.8 Å². The smallest absolute Gasteiger partial charge is 0.252 e. The van der Waals surface area contributed by atoms with Crippen LogP contribution < -0.4 is 5.32 Å². The second kappa shape index (κ2) is 7.22. The highest BCUT2D eigenvalue weighted by Gasteiger charge is 2.36. The largest absolute Gasteiger partial charge is 0.316 e. The fourth-order valence-corrected chi connectivity index (χ4v) is 5.17. The van der Waals surface area contributed by atoms with Crippen molar-refractivity contribution in [3.8, 4) is 0 Å². The van der Waals surface area contributed by atoms with Crippen molar-refractivity contribution >= 4 is 21.4 Å². The second-order valence-electron chi connectivity index (χ2n) is 5.98. The molecule has 1 aliphatic carbocycles. The van der Waals surface area contributed by atoms with Crippen LogP contribution in [0.1, 0.15) is 31.6 Å². The summed E-state index contributed by atoms with van der Waals surface area (Å²) in [5, 5.41) is 3.34. The standard InChI is InChI=1S/C15H26N2O2S2/c1-4-8-16-9-7-14-5-6-15(20-14)21(18,19)17(3)11-13-10-12(13)2/h5-6,12-13,16H,4,7-11H2,1-3H3. The lowest BCUT2D eigenvalue weighted by Crippen LogP contribution is -2.28. The Balaban J connectivity index is 1.92. The van der Waals surface area contributed by atoms with E-state index < -0.39 is 10.0 Å². The molecule has 1 saturated carbocycles. The topological polar surface area (TPSA) is 49.4 Å². The number of hydrogen-bond donors (Lipinski definition) is 1. The molecule has 1 fully saturated rings. The Labute approximate surface area is 132 Å². The van der Waals surface area contributed by atoms with E-state index in [9.17, 15) is 8.42 Å². The molecule has 4 nitrogen and oxygen atoms in total. The number of nitrogens with one attached hydrogen (secondary N) is 1. The molecule has 0 aliphatic heterocycles. The molecular weight excluding hydrogens is 304 g/mol. The normalized spacial score (nSPS) is 21.9. The molecular formula is C15H26N2O2S2. The van der Waals surface area contributed by atoms with Gasteiger partial charge in [-0.1, -0.05) is 13.8 Å². The van der Waals surface area contributed by atoms with Crippen LogP contribution in [0.5, 0.6) is 0 Å². The maximum absolute atomic E-state index is 12.5. The lowest BCUT2D eigenvalue weighted by molar-refractivity contribution is 0.446. The van der Waals surface area contributed by atoms with Crippen LogP contribution in [0.2, 0.25) is 0 Å². The minimum absolute atomic E-state index is 0.476. The fraction of sp³-hybridized carbons (Fsp3) is 0.733. The third-order valence-electron chi connectivity index (χ3n) is 4.04. The van der Waals surface area contributed by atoms with Crippen molar-refractivity contribution in [1.29, 1.82) is 0 Å². The number of rotatable bonds is 9. The van der Waals surface area contributed by atoms with Gasteiger partial charge in [-0.05, 0) is 56.3 Å². The molecule has 2 rings (SSSR count). The van der Waals surface area contributed by atoms with E-state index in [-0.39, 0.29) is 0 Å². The van der Waals surface area contributed by atoms with E-state index in [1.54, 1.807) is 13.1 Å². The lowest BCUT2D eigenvalue weighted by atomic mass is 10.3. The highest BCUT2D eigenvalue weighted by Crippen LogP contribution is 2.39. The van der Waals surface area contributed by atoms with Gasteiger partial charge in [-0.25, -0.2) is 8.42 Å². The molecule has 0 radical (unpaired) electrons.